The summed E-state index contributed by atoms with van der Waals surface area (Å²) in [4.78, 5) is 41.5. The van der Waals surface area contributed by atoms with Crippen molar-refractivity contribution in [2.75, 3.05) is 44.2 Å². The Balaban J connectivity index is 1.14. The maximum atomic E-state index is 13.1. The number of fused-ring (bicyclic) bond motifs is 1. The fourth-order valence-electron chi connectivity index (χ4n) is 4.33. The van der Waals surface area contributed by atoms with Gasteiger partial charge in [0.05, 0.1) is 5.92 Å². The standard InChI is InChI=1S/C23H25N5O2S/c29-20-15-18(16-28(20)10-8-17-5-2-1-3-6-17)22(30)26-11-13-27(14-12-26)23-25-19-7-4-9-24-21(19)31-23/h1-7,9,18H,8,10-16H2. The number of carbonyl (C=O) groups excluding carboxylic acids is 2. The Labute approximate surface area is 185 Å². The summed E-state index contributed by atoms with van der Waals surface area (Å²) in [5.41, 5.74) is 2.13. The molecule has 0 saturated carbocycles. The van der Waals surface area contributed by atoms with E-state index in [0.717, 1.165) is 35.0 Å². The van der Waals surface area contributed by atoms with Gasteiger partial charge in [-0.15, -0.1) is 0 Å². The third-order valence-corrected chi connectivity index (χ3v) is 7.13. The van der Waals surface area contributed by atoms with Crippen LogP contribution in [0.2, 0.25) is 0 Å². The number of nitrogens with zero attached hydrogens (tertiary/aromatic N) is 5. The molecule has 31 heavy (non-hydrogen) atoms. The van der Waals surface area contributed by atoms with Crippen molar-refractivity contribution in [3.8, 4) is 0 Å². The largest absolute Gasteiger partial charge is 0.344 e. The molecule has 160 valence electrons. The van der Waals surface area contributed by atoms with Crippen molar-refractivity contribution >= 4 is 38.6 Å². The summed E-state index contributed by atoms with van der Waals surface area (Å²) in [7, 11) is 0. The minimum Gasteiger partial charge on any atom is -0.344 e. The van der Waals surface area contributed by atoms with Gasteiger partial charge in [-0.25, -0.2) is 9.97 Å². The fourth-order valence-corrected chi connectivity index (χ4v) is 5.29. The van der Waals surface area contributed by atoms with Gasteiger partial charge in [0.2, 0.25) is 11.8 Å². The molecule has 2 saturated heterocycles. The van der Waals surface area contributed by atoms with Crippen molar-refractivity contribution in [2.24, 2.45) is 5.92 Å². The molecule has 0 aliphatic carbocycles. The minimum absolute atomic E-state index is 0.0925. The highest BCUT2D eigenvalue weighted by atomic mass is 32.1. The third kappa shape index (κ3) is 4.25. The molecule has 2 aliphatic heterocycles. The molecular weight excluding hydrogens is 410 g/mol. The van der Waals surface area contributed by atoms with Crippen LogP contribution >= 0.6 is 11.3 Å². The van der Waals surface area contributed by atoms with Gasteiger partial charge in [-0.1, -0.05) is 41.7 Å². The highest BCUT2D eigenvalue weighted by molar-refractivity contribution is 7.21. The van der Waals surface area contributed by atoms with E-state index < -0.39 is 0 Å². The molecule has 7 nitrogen and oxygen atoms in total. The number of hydrogen-bond donors (Lipinski definition) is 0. The normalized spacial score (nSPS) is 19.4. The van der Waals surface area contributed by atoms with Crippen LogP contribution in [0.4, 0.5) is 5.13 Å². The number of piperazine rings is 1. The van der Waals surface area contributed by atoms with Gasteiger partial charge in [0.15, 0.2) is 5.13 Å². The van der Waals surface area contributed by atoms with Gasteiger partial charge in [-0.3, -0.25) is 9.59 Å². The minimum atomic E-state index is -0.221. The third-order valence-electron chi connectivity index (χ3n) is 6.09. The molecule has 2 fully saturated rings. The van der Waals surface area contributed by atoms with Crippen LogP contribution in [-0.4, -0.2) is 70.9 Å². The first-order valence-corrected chi connectivity index (χ1v) is 11.6. The summed E-state index contributed by atoms with van der Waals surface area (Å²) in [5, 5.41) is 0.962. The van der Waals surface area contributed by atoms with E-state index in [0.29, 0.717) is 32.6 Å². The second-order valence-electron chi connectivity index (χ2n) is 8.11. The SMILES string of the molecule is O=C1CC(C(=O)N2CCN(c3nc4cccnc4s3)CC2)CN1CCc1ccccc1. The molecule has 8 heteroatoms. The van der Waals surface area contributed by atoms with Crippen LogP contribution in [0.5, 0.6) is 0 Å². The topological polar surface area (TPSA) is 69.6 Å². The van der Waals surface area contributed by atoms with Crippen LogP contribution < -0.4 is 4.90 Å². The molecule has 2 amide bonds. The highest BCUT2D eigenvalue weighted by Gasteiger charge is 2.37. The number of anilines is 1. The molecule has 5 rings (SSSR count). The van der Waals surface area contributed by atoms with Gasteiger partial charge >= 0.3 is 0 Å². The van der Waals surface area contributed by atoms with Crippen molar-refractivity contribution < 1.29 is 9.59 Å². The lowest BCUT2D eigenvalue weighted by Crippen LogP contribution is -2.50. The number of aromatic nitrogens is 2. The van der Waals surface area contributed by atoms with Gasteiger partial charge in [0.1, 0.15) is 10.3 Å². The van der Waals surface area contributed by atoms with E-state index in [1.54, 1.807) is 17.5 Å². The van der Waals surface area contributed by atoms with Crippen LogP contribution in [0.15, 0.2) is 48.7 Å². The van der Waals surface area contributed by atoms with E-state index in [-0.39, 0.29) is 17.7 Å². The van der Waals surface area contributed by atoms with Crippen molar-refractivity contribution in [1.82, 2.24) is 19.8 Å². The Morgan fingerprint density at radius 1 is 1.06 bits per heavy atom. The van der Waals surface area contributed by atoms with E-state index in [2.05, 4.69) is 27.0 Å². The molecule has 1 unspecified atom stereocenters. The molecule has 3 aromatic rings. The number of pyridine rings is 1. The number of hydrogen-bond acceptors (Lipinski definition) is 6. The van der Waals surface area contributed by atoms with Gasteiger partial charge in [0.25, 0.3) is 0 Å². The summed E-state index contributed by atoms with van der Waals surface area (Å²) < 4.78 is 0. The van der Waals surface area contributed by atoms with E-state index in [4.69, 9.17) is 0 Å². The molecule has 1 aromatic carbocycles. The zero-order chi connectivity index (χ0) is 21.2. The molecule has 0 spiro atoms. The Kier molecular flexibility index (Phi) is 5.55. The number of benzene rings is 1. The van der Waals surface area contributed by atoms with E-state index in [1.807, 2.05) is 40.1 Å². The second kappa shape index (κ2) is 8.63. The molecule has 4 heterocycles. The van der Waals surface area contributed by atoms with Crippen molar-refractivity contribution in [1.29, 1.82) is 0 Å². The van der Waals surface area contributed by atoms with Crippen molar-refractivity contribution in [3.63, 3.8) is 0 Å². The molecule has 0 N–H and O–H groups in total. The first kappa shape index (κ1) is 19.9. The van der Waals surface area contributed by atoms with Gasteiger partial charge in [-0.2, -0.15) is 0 Å². The Morgan fingerprint density at radius 2 is 1.87 bits per heavy atom. The summed E-state index contributed by atoms with van der Waals surface area (Å²) in [5.74, 6) is -0.0162. The Bertz CT molecular complexity index is 1040. The molecule has 2 aromatic heterocycles. The first-order chi connectivity index (χ1) is 15.2. The van der Waals surface area contributed by atoms with E-state index in [1.165, 1.54) is 5.56 Å². The summed E-state index contributed by atoms with van der Waals surface area (Å²) in [6, 6.07) is 14.0. The fraction of sp³-hybridized carbons (Fsp3) is 0.391. The monoisotopic (exact) mass is 435 g/mol. The van der Waals surface area contributed by atoms with E-state index >= 15 is 0 Å². The van der Waals surface area contributed by atoms with Gasteiger partial charge < -0.3 is 14.7 Å². The number of rotatable bonds is 5. The zero-order valence-corrected chi connectivity index (χ0v) is 18.1. The number of thiazole rings is 1. The predicted octanol–water partition coefficient (Wildman–Crippen LogP) is 2.43. The van der Waals surface area contributed by atoms with Gasteiger partial charge in [0, 0.05) is 51.9 Å². The maximum Gasteiger partial charge on any atom is 0.228 e. The lowest BCUT2D eigenvalue weighted by molar-refractivity contribution is -0.136. The van der Waals surface area contributed by atoms with Crippen LogP contribution in [0.3, 0.4) is 0 Å². The summed E-state index contributed by atoms with van der Waals surface area (Å²) >= 11 is 1.59. The summed E-state index contributed by atoms with van der Waals surface area (Å²) in [6.07, 6.45) is 2.94. The van der Waals surface area contributed by atoms with Gasteiger partial charge in [-0.05, 0) is 24.1 Å². The quantitative estimate of drug-likeness (QED) is 0.616. The van der Waals surface area contributed by atoms with E-state index in [9.17, 15) is 9.59 Å². The number of amides is 2. The maximum absolute atomic E-state index is 13.1. The van der Waals surface area contributed by atoms with Crippen LogP contribution in [-0.2, 0) is 16.0 Å². The smallest absolute Gasteiger partial charge is 0.228 e. The Hall–Kier alpha value is -3.00. The van der Waals surface area contributed by atoms with Crippen molar-refractivity contribution in [3.05, 3.63) is 54.2 Å². The summed E-state index contributed by atoms with van der Waals surface area (Å²) in [6.45, 7) is 4.04. The molecule has 2 aliphatic rings. The van der Waals surface area contributed by atoms with Crippen LogP contribution in [0.1, 0.15) is 12.0 Å². The Morgan fingerprint density at radius 3 is 2.65 bits per heavy atom. The average molecular weight is 436 g/mol. The zero-order valence-electron chi connectivity index (χ0n) is 17.3. The van der Waals surface area contributed by atoms with Crippen LogP contribution in [0, 0.1) is 5.92 Å². The van der Waals surface area contributed by atoms with Crippen LogP contribution in [0.25, 0.3) is 10.3 Å². The second-order valence-corrected chi connectivity index (χ2v) is 9.07. The first-order valence-electron chi connectivity index (χ1n) is 10.7. The molecule has 0 bridgehead atoms. The average Bonchev–Trinajstić information content (AvgIpc) is 3.41. The number of likely N-dealkylation sites (tertiary alicyclic amines) is 1. The lowest BCUT2D eigenvalue weighted by Gasteiger charge is -2.35. The number of carbonyl (C=O) groups is 2. The van der Waals surface area contributed by atoms with Crippen molar-refractivity contribution in [2.45, 2.75) is 12.8 Å². The molecule has 0 radical (unpaired) electrons. The molecular formula is C23H25N5O2S. The predicted molar refractivity (Wildman–Crippen MR) is 121 cm³/mol. The lowest BCUT2D eigenvalue weighted by atomic mass is 10.1. The molecule has 1 atom stereocenters. The highest BCUT2D eigenvalue weighted by Crippen LogP contribution is 2.28.